The van der Waals surface area contributed by atoms with Gasteiger partial charge in [0.15, 0.2) is 0 Å². The summed E-state index contributed by atoms with van der Waals surface area (Å²) in [5.74, 6) is 0.409. The third-order valence-corrected chi connectivity index (χ3v) is 4.45. The summed E-state index contributed by atoms with van der Waals surface area (Å²) in [7, 11) is 0. The molecule has 4 heteroatoms. The largest absolute Gasteiger partial charge is 0.396 e. The fraction of sp³-hybridized carbons (Fsp3) is 0.647. The minimum absolute atomic E-state index is 0.135. The lowest BCUT2D eigenvalue weighted by Gasteiger charge is -2.26. The van der Waals surface area contributed by atoms with Gasteiger partial charge in [-0.05, 0) is 62.4 Å². The summed E-state index contributed by atoms with van der Waals surface area (Å²) in [5, 5.41) is 12.5. The van der Waals surface area contributed by atoms with Crippen molar-refractivity contribution in [2.75, 3.05) is 31.1 Å². The molecular formula is C17H27FN2O. The number of hydrogen-bond donors (Lipinski definition) is 2. The summed E-state index contributed by atoms with van der Waals surface area (Å²) in [5.41, 5.74) is 2.87. The smallest absolute Gasteiger partial charge is 0.126 e. The number of nitrogens with one attached hydrogen (secondary N) is 1. The van der Waals surface area contributed by atoms with Gasteiger partial charge < -0.3 is 15.3 Å². The lowest BCUT2D eigenvalue weighted by molar-refractivity contribution is 0.263. The van der Waals surface area contributed by atoms with Crippen molar-refractivity contribution in [3.63, 3.8) is 0 Å². The maximum atomic E-state index is 14.0. The summed E-state index contributed by atoms with van der Waals surface area (Å²) in [6, 6.07) is 3.79. The fourth-order valence-corrected chi connectivity index (χ4v) is 3.19. The molecule has 21 heavy (non-hydrogen) atoms. The minimum atomic E-state index is -0.135. The van der Waals surface area contributed by atoms with Gasteiger partial charge in [0.25, 0.3) is 0 Å². The third-order valence-electron chi connectivity index (χ3n) is 4.45. The summed E-state index contributed by atoms with van der Waals surface area (Å²) in [6.45, 7) is 9.03. The number of aliphatic hydroxyl groups is 1. The normalized spacial score (nSPS) is 20.0. The van der Waals surface area contributed by atoms with Crippen molar-refractivity contribution in [3.8, 4) is 0 Å². The van der Waals surface area contributed by atoms with Gasteiger partial charge in [-0.15, -0.1) is 0 Å². The van der Waals surface area contributed by atoms with E-state index in [2.05, 4.69) is 24.1 Å². The topological polar surface area (TPSA) is 35.5 Å². The second-order valence-electron chi connectivity index (χ2n) is 6.05. The van der Waals surface area contributed by atoms with Crippen LogP contribution in [0.1, 0.15) is 43.9 Å². The Bertz CT molecular complexity index is 478. The van der Waals surface area contributed by atoms with Crippen molar-refractivity contribution in [1.82, 2.24) is 5.32 Å². The molecule has 0 amide bonds. The second-order valence-corrected chi connectivity index (χ2v) is 6.05. The molecule has 1 fully saturated rings. The van der Waals surface area contributed by atoms with Crippen LogP contribution >= 0.6 is 0 Å². The van der Waals surface area contributed by atoms with Gasteiger partial charge in [0.1, 0.15) is 5.82 Å². The molecule has 2 N–H and O–H groups in total. The van der Waals surface area contributed by atoms with Crippen LogP contribution in [0, 0.1) is 18.7 Å². The Balaban J connectivity index is 2.27. The van der Waals surface area contributed by atoms with Gasteiger partial charge in [0, 0.05) is 31.4 Å². The maximum Gasteiger partial charge on any atom is 0.126 e. The molecule has 0 aliphatic carbocycles. The molecule has 2 rings (SSSR count). The summed E-state index contributed by atoms with van der Waals surface area (Å²) in [6.07, 6.45) is 1.96. The van der Waals surface area contributed by atoms with E-state index in [9.17, 15) is 4.39 Å². The molecule has 2 unspecified atom stereocenters. The van der Waals surface area contributed by atoms with E-state index < -0.39 is 0 Å². The highest BCUT2D eigenvalue weighted by Crippen LogP contribution is 2.33. The first kappa shape index (κ1) is 16.2. The molecular weight excluding hydrogens is 267 g/mol. The quantitative estimate of drug-likeness (QED) is 0.846. The molecule has 2 atom stereocenters. The number of benzene rings is 1. The summed E-state index contributed by atoms with van der Waals surface area (Å²) >= 11 is 0. The van der Waals surface area contributed by atoms with Crippen molar-refractivity contribution in [2.24, 2.45) is 5.92 Å². The van der Waals surface area contributed by atoms with Crippen LogP contribution in [-0.4, -0.2) is 31.3 Å². The van der Waals surface area contributed by atoms with Crippen LogP contribution in [0.5, 0.6) is 0 Å². The Hall–Kier alpha value is -1.13. The van der Waals surface area contributed by atoms with Crippen LogP contribution < -0.4 is 10.2 Å². The molecule has 1 aromatic rings. The van der Waals surface area contributed by atoms with Gasteiger partial charge in [-0.2, -0.15) is 0 Å². The highest BCUT2D eigenvalue weighted by molar-refractivity contribution is 5.57. The Kier molecular flexibility index (Phi) is 5.59. The van der Waals surface area contributed by atoms with Crippen molar-refractivity contribution >= 4 is 5.69 Å². The van der Waals surface area contributed by atoms with Gasteiger partial charge in [0.2, 0.25) is 0 Å². The molecule has 0 radical (unpaired) electrons. The molecule has 1 saturated heterocycles. The average molecular weight is 294 g/mol. The highest BCUT2D eigenvalue weighted by Gasteiger charge is 2.25. The molecule has 1 aliphatic rings. The number of halogens is 1. The number of rotatable bonds is 6. The van der Waals surface area contributed by atoms with Crippen molar-refractivity contribution in [3.05, 3.63) is 29.1 Å². The predicted octanol–water partition coefficient (Wildman–Crippen LogP) is 3.01. The summed E-state index contributed by atoms with van der Waals surface area (Å²) < 4.78 is 14.0. The Labute approximate surface area is 127 Å². The van der Waals surface area contributed by atoms with Crippen LogP contribution in [0.25, 0.3) is 0 Å². The minimum Gasteiger partial charge on any atom is -0.396 e. The molecule has 0 bridgehead atoms. The van der Waals surface area contributed by atoms with Crippen LogP contribution in [0.15, 0.2) is 12.1 Å². The first-order chi connectivity index (χ1) is 10.1. The van der Waals surface area contributed by atoms with E-state index in [0.29, 0.717) is 11.5 Å². The van der Waals surface area contributed by atoms with Crippen LogP contribution in [0.2, 0.25) is 0 Å². The Morgan fingerprint density at radius 1 is 1.48 bits per heavy atom. The van der Waals surface area contributed by atoms with E-state index in [1.54, 1.807) is 6.07 Å². The molecule has 0 saturated carbocycles. The van der Waals surface area contributed by atoms with Gasteiger partial charge >= 0.3 is 0 Å². The van der Waals surface area contributed by atoms with E-state index in [1.807, 2.05) is 13.0 Å². The van der Waals surface area contributed by atoms with Crippen LogP contribution in [-0.2, 0) is 0 Å². The van der Waals surface area contributed by atoms with Crippen molar-refractivity contribution in [2.45, 2.75) is 39.7 Å². The molecule has 1 heterocycles. The lowest BCUT2D eigenvalue weighted by Crippen LogP contribution is -2.25. The first-order valence-corrected chi connectivity index (χ1v) is 7.96. The predicted molar refractivity (Wildman–Crippen MR) is 85.3 cm³/mol. The maximum absolute atomic E-state index is 14.0. The first-order valence-electron chi connectivity index (χ1n) is 7.96. The van der Waals surface area contributed by atoms with Gasteiger partial charge in [-0.25, -0.2) is 4.39 Å². The highest BCUT2D eigenvalue weighted by atomic mass is 19.1. The van der Waals surface area contributed by atoms with E-state index in [-0.39, 0.29) is 18.5 Å². The van der Waals surface area contributed by atoms with Crippen LogP contribution in [0.3, 0.4) is 0 Å². The zero-order valence-electron chi connectivity index (χ0n) is 13.3. The SMILES string of the molecule is CCNC(C)c1cc(F)c(C)cc1N1CCC(CCO)C1. The zero-order chi connectivity index (χ0) is 15.4. The molecule has 118 valence electrons. The van der Waals surface area contributed by atoms with Crippen molar-refractivity contribution < 1.29 is 9.50 Å². The zero-order valence-corrected chi connectivity index (χ0v) is 13.3. The standard InChI is InChI=1S/C17H27FN2O/c1-4-19-13(3)15-10-16(18)12(2)9-17(15)20-7-5-14(11-20)6-8-21/h9-10,13-14,19,21H,4-8,11H2,1-3H3. The molecule has 0 spiro atoms. The number of anilines is 1. The monoisotopic (exact) mass is 294 g/mol. The Morgan fingerprint density at radius 2 is 2.24 bits per heavy atom. The van der Waals surface area contributed by atoms with E-state index in [4.69, 9.17) is 5.11 Å². The number of hydrogen-bond acceptors (Lipinski definition) is 3. The third kappa shape index (κ3) is 3.74. The molecule has 1 aliphatic heterocycles. The van der Waals surface area contributed by atoms with E-state index >= 15 is 0 Å². The molecule has 0 aromatic heterocycles. The molecule has 1 aromatic carbocycles. The van der Waals surface area contributed by atoms with Crippen molar-refractivity contribution in [1.29, 1.82) is 0 Å². The molecule has 3 nitrogen and oxygen atoms in total. The van der Waals surface area contributed by atoms with E-state index in [1.165, 1.54) is 0 Å². The van der Waals surface area contributed by atoms with Crippen LogP contribution in [0.4, 0.5) is 10.1 Å². The lowest BCUT2D eigenvalue weighted by atomic mass is 10.0. The Morgan fingerprint density at radius 3 is 2.90 bits per heavy atom. The van der Waals surface area contributed by atoms with Gasteiger partial charge in [-0.3, -0.25) is 0 Å². The number of aryl methyl sites for hydroxylation is 1. The second kappa shape index (κ2) is 7.23. The summed E-state index contributed by atoms with van der Waals surface area (Å²) in [4.78, 5) is 2.34. The average Bonchev–Trinajstić information content (AvgIpc) is 2.90. The number of aliphatic hydroxyl groups excluding tert-OH is 1. The number of nitrogens with zero attached hydrogens (tertiary/aromatic N) is 1. The van der Waals surface area contributed by atoms with Gasteiger partial charge in [0.05, 0.1) is 0 Å². The van der Waals surface area contributed by atoms with Gasteiger partial charge in [-0.1, -0.05) is 6.92 Å². The fourth-order valence-electron chi connectivity index (χ4n) is 3.19. The van der Waals surface area contributed by atoms with E-state index in [0.717, 1.165) is 43.7 Å².